The van der Waals surface area contributed by atoms with E-state index in [0.717, 1.165) is 21.5 Å². The molecule has 8 heteroatoms. The molecule has 2 N–H and O–H groups in total. The third-order valence-corrected chi connectivity index (χ3v) is 4.93. The van der Waals surface area contributed by atoms with Crippen LogP contribution >= 0.6 is 15.9 Å². The second-order valence-electron chi connectivity index (χ2n) is 6.78. The number of aryl methyl sites for hydroxylation is 2. The van der Waals surface area contributed by atoms with E-state index in [0.29, 0.717) is 22.9 Å². The molecule has 1 amide bonds. The Balaban J connectivity index is 1.40. The third-order valence-electron chi connectivity index (χ3n) is 4.40. The first-order chi connectivity index (χ1) is 14.5. The number of anilines is 3. The minimum Gasteiger partial charge on any atom is -0.339 e. The van der Waals surface area contributed by atoms with Gasteiger partial charge >= 0.3 is 0 Å². The summed E-state index contributed by atoms with van der Waals surface area (Å²) >= 11 is 3.36. The van der Waals surface area contributed by atoms with E-state index in [9.17, 15) is 4.79 Å². The Morgan fingerprint density at radius 1 is 0.900 bits per heavy atom. The summed E-state index contributed by atoms with van der Waals surface area (Å²) in [5.74, 6) is 1.12. The number of rotatable bonds is 5. The zero-order chi connectivity index (χ0) is 21.1. The molecule has 2 aromatic heterocycles. The van der Waals surface area contributed by atoms with Crippen molar-refractivity contribution in [3.05, 3.63) is 88.2 Å². The number of carbonyl (C=O) groups is 1. The molecule has 2 heterocycles. The monoisotopic (exact) mass is 462 g/mol. The van der Waals surface area contributed by atoms with Gasteiger partial charge in [-0.1, -0.05) is 15.9 Å². The van der Waals surface area contributed by atoms with Gasteiger partial charge in [0.15, 0.2) is 11.6 Å². The van der Waals surface area contributed by atoms with Crippen LogP contribution in [0.2, 0.25) is 0 Å². The molecule has 0 saturated carbocycles. The third kappa shape index (κ3) is 4.55. The molecule has 0 radical (unpaired) electrons. The van der Waals surface area contributed by atoms with Crippen molar-refractivity contribution in [3.63, 3.8) is 0 Å². The standard InChI is InChI=1S/C22H19BrN6O/c1-14-13-15(2)29(28-14)21-12-11-20(26-27-21)24-18-7-9-19(10-8-18)25-22(30)16-3-5-17(23)6-4-16/h3-13H,1-2H3,(H,24,26)(H,25,30). The normalized spacial score (nSPS) is 10.6. The molecule has 4 aromatic rings. The van der Waals surface area contributed by atoms with E-state index < -0.39 is 0 Å². The fraction of sp³-hybridized carbons (Fsp3) is 0.0909. The van der Waals surface area contributed by atoms with Gasteiger partial charge in [0.05, 0.1) is 5.69 Å². The highest BCUT2D eigenvalue weighted by atomic mass is 79.9. The Morgan fingerprint density at radius 3 is 2.20 bits per heavy atom. The van der Waals surface area contributed by atoms with Crippen molar-refractivity contribution in [2.45, 2.75) is 13.8 Å². The van der Waals surface area contributed by atoms with Gasteiger partial charge in [0, 0.05) is 27.1 Å². The first-order valence-electron chi connectivity index (χ1n) is 9.29. The van der Waals surface area contributed by atoms with Gasteiger partial charge in [0.1, 0.15) is 0 Å². The summed E-state index contributed by atoms with van der Waals surface area (Å²) < 4.78 is 2.69. The quantitative estimate of drug-likeness (QED) is 0.433. The lowest BCUT2D eigenvalue weighted by molar-refractivity contribution is 0.102. The van der Waals surface area contributed by atoms with Crippen LogP contribution in [-0.4, -0.2) is 25.9 Å². The molecule has 0 aliphatic rings. The van der Waals surface area contributed by atoms with Crippen molar-refractivity contribution >= 4 is 39.0 Å². The smallest absolute Gasteiger partial charge is 0.255 e. The van der Waals surface area contributed by atoms with E-state index >= 15 is 0 Å². The highest BCUT2D eigenvalue weighted by Crippen LogP contribution is 2.19. The van der Waals surface area contributed by atoms with Crippen LogP contribution in [0.5, 0.6) is 0 Å². The molecule has 0 unspecified atom stereocenters. The molecule has 7 nitrogen and oxygen atoms in total. The number of benzene rings is 2. The number of hydrogen-bond donors (Lipinski definition) is 2. The first-order valence-corrected chi connectivity index (χ1v) is 10.1. The summed E-state index contributed by atoms with van der Waals surface area (Å²) in [6.45, 7) is 3.92. The number of carbonyl (C=O) groups excluding carboxylic acids is 1. The van der Waals surface area contributed by atoms with Gasteiger partial charge in [-0.3, -0.25) is 4.79 Å². The average Bonchev–Trinajstić information content (AvgIpc) is 3.08. The lowest BCUT2D eigenvalue weighted by Gasteiger charge is -2.09. The van der Waals surface area contributed by atoms with E-state index in [1.165, 1.54) is 0 Å². The van der Waals surface area contributed by atoms with E-state index in [2.05, 4.69) is 41.9 Å². The van der Waals surface area contributed by atoms with Gasteiger partial charge in [-0.05, 0) is 80.6 Å². The van der Waals surface area contributed by atoms with Gasteiger partial charge in [-0.2, -0.15) is 5.10 Å². The Hall–Kier alpha value is -3.52. The summed E-state index contributed by atoms with van der Waals surface area (Å²) in [6, 6.07) is 20.3. The molecule has 4 rings (SSSR count). The molecule has 0 atom stereocenters. The summed E-state index contributed by atoms with van der Waals surface area (Å²) in [5, 5.41) is 19.0. The second-order valence-corrected chi connectivity index (χ2v) is 7.69. The van der Waals surface area contributed by atoms with Gasteiger partial charge in [0.2, 0.25) is 0 Å². The van der Waals surface area contributed by atoms with Crippen molar-refractivity contribution in [1.29, 1.82) is 0 Å². The van der Waals surface area contributed by atoms with E-state index in [4.69, 9.17) is 0 Å². The number of halogens is 1. The van der Waals surface area contributed by atoms with E-state index in [1.807, 2.05) is 68.4 Å². The van der Waals surface area contributed by atoms with Crippen molar-refractivity contribution < 1.29 is 4.79 Å². The summed E-state index contributed by atoms with van der Waals surface area (Å²) in [5.41, 5.74) is 4.08. The van der Waals surface area contributed by atoms with Gasteiger partial charge in [-0.15, -0.1) is 10.2 Å². The number of nitrogens with one attached hydrogen (secondary N) is 2. The minimum atomic E-state index is -0.159. The summed E-state index contributed by atoms with van der Waals surface area (Å²) in [4.78, 5) is 12.3. The van der Waals surface area contributed by atoms with Crippen LogP contribution in [-0.2, 0) is 0 Å². The van der Waals surface area contributed by atoms with Gasteiger partial charge in [-0.25, -0.2) is 4.68 Å². The molecular weight excluding hydrogens is 444 g/mol. The largest absolute Gasteiger partial charge is 0.339 e. The maximum atomic E-state index is 12.3. The van der Waals surface area contributed by atoms with E-state index in [1.54, 1.807) is 16.8 Å². The summed E-state index contributed by atoms with van der Waals surface area (Å²) in [6.07, 6.45) is 0. The number of hydrogen-bond acceptors (Lipinski definition) is 5. The Kier molecular flexibility index (Phi) is 5.58. The number of nitrogens with zero attached hydrogens (tertiary/aromatic N) is 4. The van der Waals surface area contributed by atoms with Crippen LogP contribution in [0.1, 0.15) is 21.7 Å². The second kappa shape index (κ2) is 8.46. The lowest BCUT2D eigenvalue weighted by Crippen LogP contribution is -2.11. The van der Waals surface area contributed by atoms with Crippen molar-refractivity contribution in [2.24, 2.45) is 0 Å². The molecule has 0 fully saturated rings. The minimum absolute atomic E-state index is 0.159. The van der Waals surface area contributed by atoms with Crippen LogP contribution in [0.4, 0.5) is 17.2 Å². The van der Waals surface area contributed by atoms with Crippen LogP contribution in [0, 0.1) is 13.8 Å². The number of aromatic nitrogens is 4. The predicted molar refractivity (Wildman–Crippen MR) is 120 cm³/mol. The SMILES string of the molecule is Cc1cc(C)n(-c2ccc(Nc3ccc(NC(=O)c4ccc(Br)cc4)cc3)nn2)n1. The maximum Gasteiger partial charge on any atom is 0.255 e. The highest BCUT2D eigenvalue weighted by Gasteiger charge is 2.07. The first kappa shape index (κ1) is 19.8. The zero-order valence-electron chi connectivity index (χ0n) is 16.4. The predicted octanol–water partition coefficient (Wildman–Crippen LogP) is 5.04. The molecular formula is C22H19BrN6O. The van der Waals surface area contributed by atoms with E-state index in [-0.39, 0.29) is 5.91 Å². The topological polar surface area (TPSA) is 84.7 Å². The molecule has 0 bridgehead atoms. The molecule has 0 saturated heterocycles. The molecule has 0 aliphatic carbocycles. The van der Waals surface area contributed by atoms with Crippen LogP contribution in [0.25, 0.3) is 5.82 Å². The van der Waals surface area contributed by atoms with Crippen molar-refractivity contribution in [1.82, 2.24) is 20.0 Å². The molecule has 150 valence electrons. The summed E-state index contributed by atoms with van der Waals surface area (Å²) in [7, 11) is 0. The number of amides is 1. The highest BCUT2D eigenvalue weighted by molar-refractivity contribution is 9.10. The van der Waals surface area contributed by atoms with Crippen LogP contribution in [0.3, 0.4) is 0 Å². The molecule has 30 heavy (non-hydrogen) atoms. The Morgan fingerprint density at radius 2 is 1.60 bits per heavy atom. The van der Waals surface area contributed by atoms with Gasteiger partial charge in [0.25, 0.3) is 5.91 Å². The van der Waals surface area contributed by atoms with Crippen molar-refractivity contribution in [3.8, 4) is 5.82 Å². The fourth-order valence-electron chi connectivity index (χ4n) is 2.95. The molecule has 0 aliphatic heterocycles. The maximum absolute atomic E-state index is 12.3. The van der Waals surface area contributed by atoms with Gasteiger partial charge < -0.3 is 10.6 Å². The zero-order valence-corrected chi connectivity index (χ0v) is 18.0. The molecule has 0 spiro atoms. The Bertz CT molecular complexity index is 1170. The van der Waals surface area contributed by atoms with Crippen LogP contribution in [0.15, 0.2) is 71.2 Å². The Labute approximate surface area is 182 Å². The van der Waals surface area contributed by atoms with Crippen molar-refractivity contribution in [2.75, 3.05) is 10.6 Å². The fourth-order valence-corrected chi connectivity index (χ4v) is 3.22. The lowest BCUT2D eigenvalue weighted by atomic mass is 10.2. The molecule has 2 aromatic carbocycles. The van der Waals surface area contributed by atoms with Crippen LogP contribution < -0.4 is 10.6 Å². The average molecular weight is 463 g/mol.